The molecule has 3 rings (SSSR count). The molecule has 134 valence electrons. The van der Waals surface area contributed by atoms with Gasteiger partial charge in [-0.1, -0.05) is 13.8 Å². The molecule has 0 aliphatic carbocycles. The molecule has 1 N–H and O–H groups in total. The molecule has 1 aliphatic heterocycles. The number of aromatic nitrogens is 3. The van der Waals surface area contributed by atoms with E-state index in [0.717, 1.165) is 53.2 Å². The van der Waals surface area contributed by atoms with Crippen molar-refractivity contribution in [2.24, 2.45) is 5.92 Å². The van der Waals surface area contributed by atoms with Crippen LogP contribution in [0.2, 0.25) is 0 Å². The number of nitrogens with one attached hydrogen (secondary N) is 1. The molecule has 0 spiro atoms. The van der Waals surface area contributed by atoms with Gasteiger partial charge in [-0.15, -0.1) is 11.3 Å². The molecule has 1 aliphatic rings. The molecule has 1 atom stereocenters. The lowest BCUT2D eigenvalue weighted by molar-refractivity contribution is -0.138. The number of piperidine rings is 1. The number of anilines is 2. The Kier molecular flexibility index (Phi) is 5.32. The molecule has 3 heterocycles. The van der Waals surface area contributed by atoms with E-state index in [-0.39, 0.29) is 17.9 Å². The minimum Gasteiger partial charge on any atom is -0.332 e. The zero-order chi connectivity index (χ0) is 18.0. The van der Waals surface area contributed by atoms with E-state index in [9.17, 15) is 4.79 Å². The molecule has 0 unspecified atom stereocenters. The van der Waals surface area contributed by atoms with Gasteiger partial charge in [0, 0.05) is 35.3 Å². The van der Waals surface area contributed by atoms with Crippen LogP contribution in [0, 0.1) is 19.8 Å². The van der Waals surface area contributed by atoms with Crippen molar-refractivity contribution in [2.75, 3.05) is 11.9 Å². The standard InChI is InChI=1S/C18H25N5OS/c1-11(2)17(24)23-8-6-5-7-14(23)16-20-12(3)9-15(21-16)22-18-19-10-13(4)25-18/h9-11,14H,5-8H2,1-4H3,(H,19,20,21,22)/t14-/m0/s1. The highest BCUT2D eigenvalue weighted by Gasteiger charge is 2.31. The molecule has 1 saturated heterocycles. The van der Waals surface area contributed by atoms with Crippen LogP contribution in [0.15, 0.2) is 12.3 Å². The first kappa shape index (κ1) is 17.8. The number of rotatable bonds is 4. The van der Waals surface area contributed by atoms with Gasteiger partial charge in [0.25, 0.3) is 0 Å². The molecule has 2 aromatic heterocycles. The molecule has 2 aromatic rings. The summed E-state index contributed by atoms with van der Waals surface area (Å²) in [4.78, 5) is 29.4. The Bertz CT molecular complexity index is 758. The monoisotopic (exact) mass is 359 g/mol. The molecule has 1 fully saturated rings. The largest absolute Gasteiger partial charge is 0.332 e. The summed E-state index contributed by atoms with van der Waals surface area (Å²) in [5.74, 6) is 1.63. The van der Waals surface area contributed by atoms with Crippen LogP contribution >= 0.6 is 11.3 Å². The molecule has 25 heavy (non-hydrogen) atoms. The lowest BCUT2D eigenvalue weighted by atomic mass is 9.99. The third kappa shape index (κ3) is 4.15. The number of nitrogens with zero attached hydrogens (tertiary/aromatic N) is 4. The van der Waals surface area contributed by atoms with Crippen LogP contribution in [-0.4, -0.2) is 32.3 Å². The topological polar surface area (TPSA) is 71.0 Å². The van der Waals surface area contributed by atoms with Crippen molar-refractivity contribution >= 4 is 28.2 Å². The molecular weight excluding hydrogens is 334 g/mol. The molecule has 6 nitrogen and oxygen atoms in total. The fraction of sp³-hybridized carbons (Fsp3) is 0.556. The van der Waals surface area contributed by atoms with Crippen LogP contribution in [0.3, 0.4) is 0 Å². The van der Waals surface area contributed by atoms with E-state index in [0.29, 0.717) is 0 Å². The van der Waals surface area contributed by atoms with Crippen molar-refractivity contribution in [3.63, 3.8) is 0 Å². The molecule has 0 radical (unpaired) electrons. The Morgan fingerprint density at radius 1 is 1.32 bits per heavy atom. The Hall–Kier alpha value is -2.02. The summed E-state index contributed by atoms with van der Waals surface area (Å²) >= 11 is 1.59. The van der Waals surface area contributed by atoms with Gasteiger partial charge in [0.15, 0.2) is 11.0 Å². The molecular formula is C18H25N5OS. The van der Waals surface area contributed by atoms with Crippen LogP contribution < -0.4 is 5.32 Å². The SMILES string of the molecule is Cc1cc(Nc2ncc(C)s2)nc([C@@H]2CCCCN2C(=O)C(C)C)n1. The van der Waals surface area contributed by atoms with Crippen molar-refractivity contribution in [1.82, 2.24) is 19.9 Å². The van der Waals surface area contributed by atoms with Crippen molar-refractivity contribution in [1.29, 1.82) is 0 Å². The highest BCUT2D eigenvalue weighted by Crippen LogP contribution is 2.31. The van der Waals surface area contributed by atoms with Crippen LogP contribution in [0.1, 0.15) is 55.5 Å². The third-order valence-electron chi connectivity index (χ3n) is 4.31. The summed E-state index contributed by atoms with van der Waals surface area (Å²) in [6, 6.07) is 1.87. The summed E-state index contributed by atoms with van der Waals surface area (Å²) in [6.45, 7) is 8.66. The van der Waals surface area contributed by atoms with Crippen LogP contribution in [0.25, 0.3) is 0 Å². The molecule has 0 bridgehead atoms. The summed E-state index contributed by atoms with van der Waals surface area (Å²) < 4.78 is 0. The van der Waals surface area contributed by atoms with Crippen molar-refractivity contribution < 1.29 is 4.79 Å². The van der Waals surface area contributed by atoms with Crippen molar-refractivity contribution in [2.45, 2.75) is 53.0 Å². The van der Waals surface area contributed by atoms with Gasteiger partial charge in [0.2, 0.25) is 5.91 Å². The number of hydrogen-bond acceptors (Lipinski definition) is 6. The maximum absolute atomic E-state index is 12.6. The minimum absolute atomic E-state index is 0.0127. The third-order valence-corrected chi connectivity index (χ3v) is 5.13. The maximum Gasteiger partial charge on any atom is 0.225 e. The first-order valence-electron chi connectivity index (χ1n) is 8.79. The number of likely N-dealkylation sites (tertiary alicyclic amines) is 1. The average molecular weight is 359 g/mol. The van der Waals surface area contributed by atoms with Crippen molar-refractivity contribution in [3.8, 4) is 0 Å². The highest BCUT2D eigenvalue weighted by atomic mass is 32.1. The predicted molar refractivity (Wildman–Crippen MR) is 100 cm³/mol. The van der Waals surface area contributed by atoms with Crippen LogP contribution in [0.4, 0.5) is 10.9 Å². The fourth-order valence-electron chi connectivity index (χ4n) is 3.12. The smallest absolute Gasteiger partial charge is 0.225 e. The van der Waals surface area contributed by atoms with E-state index in [2.05, 4.69) is 15.3 Å². The molecule has 7 heteroatoms. The Labute approximate surface area is 152 Å². The Balaban J connectivity index is 1.88. The number of hydrogen-bond donors (Lipinski definition) is 1. The quantitative estimate of drug-likeness (QED) is 0.893. The van der Waals surface area contributed by atoms with E-state index < -0.39 is 0 Å². The fourth-order valence-corrected chi connectivity index (χ4v) is 3.79. The van der Waals surface area contributed by atoms with Gasteiger partial charge in [-0.3, -0.25) is 4.79 Å². The minimum atomic E-state index is -0.0397. The average Bonchev–Trinajstić information content (AvgIpc) is 2.98. The number of carbonyl (C=O) groups excluding carboxylic acids is 1. The van der Waals surface area contributed by atoms with Crippen LogP contribution in [-0.2, 0) is 4.79 Å². The number of thiazole rings is 1. The lowest BCUT2D eigenvalue weighted by Gasteiger charge is -2.36. The van der Waals surface area contributed by atoms with E-state index >= 15 is 0 Å². The number of amides is 1. The second-order valence-electron chi connectivity index (χ2n) is 6.85. The summed E-state index contributed by atoms with van der Waals surface area (Å²) in [7, 11) is 0. The molecule has 0 saturated carbocycles. The predicted octanol–water partition coefficient (Wildman–Crippen LogP) is 4.00. The summed E-state index contributed by atoms with van der Waals surface area (Å²) in [5.41, 5.74) is 0.892. The number of aryl methyl sites for hydroxylation is 2. The summed E-state index contributed by atoms with van der Waals surface area (Å²) in [6.07, 6.45) is 4.90. The van der Waals surface area contributed by atoms with E-state index in [1.165, 1.54) is 0 Å². The van der Waals surface area contributed by atoms with E-state index in [1.807, 2.05) is 44.9 Å². The van der Waals surface area contributed by atoms with Crippen molar-refractivity contribution in [3.05, 3.63) is 28.7 Å². The molecule has 0 aromatic carbocycles. The lowest BCUT2D eigenvalue weighted by Crippen LogP contribution is -2.41. The highest BCUT2D eigenvalue weighted by molar-refractivity contribution is 7.15. The van der Waals surface area contributed by atoms with Gasteiger partial charge in [0.05, 0.1) is 6.04 Å². The zero-order valence-corrected chi connectivity index (χ0v) is 16.1. The Morgan fingerprint density at radius 2 is 2.12 bits per heavy atom. The first-order valence-corrected chi connectivity index (χ1v) is 9.61. The normalized spacial score (nSPS) is 17.8. The van der Waals surface area contributed by atoms with E-state index in [1.54, 1.807) is 11.3 Å². The maximum atomic E-state index is 12.6. The van der Waals surface area contributed by atoms with Gasteiger partial charge in [-0.05, 0) is 33.1 Å². The Morgan fingerprint density at radius 3 is 2.80 bits per heavy atom. The second kappa shape index (κ2) is 7.47. The summed E-state index contributed by atoms with van der Waals surface area (Å²) in [5, 5.41) is 4.08. The van der Waals surface area contributed by atoms with Crippen LogP contribution in [0.5, 0.6) is 0 Å². The van der Waals surface area contributed by atoms with Gasteiger partial charge in [0.1, 0.15) is 5.82 Å². The number of carbonyl (C=O) groups is 1. The van der Waals surface area contributed by atoms with Gasteiger partial charge < -0.3 is 10.2 Å². The second-order valence-corrected chi connectivity index (χ2v) is 8.09. The molecule has 1 amide bonds. The van der Waals surface area contributed by atoms with Gasteiger partial charge >= 0.3 is 0 Å². The van der Waals surface area contributed by atoms with Gasteiger partial charge in [-0.2, -0.15) is 0 Å². The first-order chi connectivity index (χ1) is 11.9. The van der Waals surface area contributed by atoms with E-state index in [4.69, 9.17) is 4.98 Å². The van der Waals surface area contributed by atoms with Gasteiger partial charge in [-0.25, -0.2) is 15.0 Å². The zero-order valence-electron chi connectivity index (χ0n) is 15.2.